The number of aromatic nitrogens is 2. The van der Waals surface area contributed by atoms with Gasteiger partial charge in [-0.1, -0.05) is 44.5 Å². The average molecular weight is 416 g/mol. The van der Waals surface area contributed by atoms with Crippen LogP contribution in [0.25, 0.3) is 0 Å². The number of nitrogens with zero attached hydrogens (tertiary/aromatic N) is 2. The molecule has 6 heteroatoms. The standard InChI is InChI=1S/C23H30ClN3O2/c1-5-15(3)14-29-21-8-7-17(11-19(21)24)12-27-13-18-20(26-27)9-10-25-22(18)23(28)16(4)6-2/h5,7-8,11,13,15-16,22,25H,1,6,9-10,12,14H2,2-4H3/t15?,16-,22?/m1/s1. The van der Waals surface area contributed by atoms with Gasteiger partial charge in [-0.15, -0.1) is 6.58 Å². The number of halogens is 1. The van der Waals surface area contributed by atoms with E-state index in [9.17, 15) is 4.79 Å². The van der Waals surface area contributed by atoms with E-state index in [2.05, 4.69) is 11.9 Å². The van der Waals surface area contributed by atoms with Crippen molar-refractivity contribution in [2.24, 2.45) is 11.8 Å². The molecule has 0 amide bonds. The molecule has 0 aliphatic carbocycles. The lowest BCUT2D eigenvalue weighted by Crippen LogP contribution is -2.37. The minimum absolute atomic E-state index is 0.0389. The van der Waals surface area contributed by atoms with Gasteiger partial charge < -0.3 is 10.1 Å². The summed E-state index contributed by atoms with van der Waals surface area (Å²) in [5, 5.41) is 8.68. The van der Waals surface area contributed by atoms with Gasteiger partial charge in [0.2, 0.25) is 0 Å². The van der Waals surface area contributed by atoms with Crippen LogP contribution in [0.2, 0.25) is 5.02 Å². The summed E-state index contributed by atoms with van der Waals surface area (Å²) < 4.78 is 7.67. The quantitative estimate of drug-likeness (QED) is 0.608. The molecule has 0 spiro atoms. The van der Waals surface area contributed by atoms with E-state index in [1.807, 2.05) is 55.9 Å². The lowest BCUT2D eigenvalue weighted by Gasteiger charge is -2.24. The molecule has 0 saturated carbocycles. The second kappa shape index (κ2) is 9.59. The van der Waals surface area contributed by atoms with E-state index in [0.717, 1.165) is 36.2 Å². The first-order valence-corrected chi connectivity index (χ1v) is 10.7. The Hall–Kier alpha value is -2.11. The fourth-order valence-electron chi connectivity index (χ4n) is 3.41. The van der Waals surface area contributed by atoms with Gasteiger partial charge >= 0.3 is 0 Å². The minimum atomic E-state index is -0.256. The first-order chi connectivity index (χ1) is 13.9. The smallest absolute Gasteiger partial charge is 0.157 e. The third kappa shape index (κ3) is 5.09. The van der Waals surface area contributed by atoms with Gasteiger partial charge in [0.05, 0.1) is 29.9 Å². The summed E-state index contributed by atoms with van der Waals surface area (Å²) in [6.07, 6.45) is 5.53. The summed E-state index contributed by atoms with van der Waals surface area (Å²) in [6, 6.07) is 5.55. The second-order valence-corrected chi connectivity index (χ2v) is 8.27. The topological polar surface area (TPSA) is 56.1 Å². The molecule has 1 aromatic carbocycles. The number of ether oxygens (including phenoxy) is 1. The maximum atomic E-state index is 12.7. The van der Waals surface area contributed by atoms with E-state index >= 15 is 0 Å². The SMILES string of the molecule is C=CC(C)COc1ccc(Cn2cc3c(n2)CCNC3C(=O)[C@H](C)CC)cc1Cl. The Morgan fingerprint density at radius 3 is 2.97 bits per heavy atom. The Morgan fingerprint density at radius 1 is 1.48 bits per heavy atom. The summed E-state index contributed by atoms with van der Waals surface area (Å²) in [6.45, 7) is 11.8. The predicted molar refractivity (Wildman–Crippen MR) is 117 cm³/mol. The normalized spacial score (nSPS) is 18.0. The third-order valence-electron chi connectivity index (χ3n) is 5.52. The molecule has 3 atom stereocenters. The van der Waals surface area contributed by atoms with Crippen LogP contribution < -0.4 is 10.1 Å². The van der Waals surface area contributed by atoms with Gasteiger partial charge in [-0.2, -0.15) is 5.10 Å². The molecule has 156 valence electrons. The maximum absolute atomic E-state index is 12.7. The monoisotopic (exact) mass is 415 g/mol. The van der Waals surface area contributed by atoms with E-state index in [0.29, 0.717) is 23.9 Å². The van der Waals surface area contributed by atoms with Gasteiger partial charge in [0.25, 0.3) is 0 Å². The van der Waals surface area contributed by atoms with Crippen LogP contribution in [-0.4, -0.2) is 28.7 Å². The molecule has 2 unspecified atom stereocenters. The molecule has 5 nitrogen and oxygen atoms in total. The molecule has 0 radical (unpaired) electrons. The number of fused-ring (bicyclic) bond motifs is 1. The number of ketones is 1. The summed E-state index contributed by atoms with van der Waals surface area (Å²) in [5.74, 6) is 1.22. The summed E-state index contributed by atoms with van der Waals surface area (Å²) >= 11 is 6.40. The Balaban J connectivity index is 1.73. The van der Waals surface area contributed by atoms with E-state index in [4.69, 9.17) is 21.4 Å². The number of hydrogen-bond acceptors (Lipinski definition) is 4. The number of nitrogens with one attached hydrogen (secondary N) is 1. The van der Waals surface area contributed by atoms with Crippen molar-refractivity contribution in [3.8, 4) is 5.75 Å². The molecule has 1 aliphatic heterocycles. The molecule has 1 N–H and O–H groups in total. The van der Waals surface area contributed by atoms with E-state index in [-0.39, 0.29) is 23.7 Å². The van der Waals surface area contributed by atoms with Gasteiger partial charge in [0, 0.05) is 36.6 Å². The molecular formula is C23H30ClN3O2. The van der Waals surface area contributed by atoms with Crippen molar-refractivity contribution < 1.29 is 9.53 Å². The molecule has 3 rings (SSSR count). The molecule has 0 bridgehead atoms. The molecule has 0 fully saturated rings. The average Bonchev–Trinajstić information content (AvgIpc) is 3.14. The molecular weight excluding hydrogens is 386 g/mol. The molecule has 1 aliphatic rings. The summed E-state index contributed by atoms with van der Waals surface area (Å²) in [7, 11) is 0. The Kier molecular flexibility index (Phi) is 7.14. The van der Waals surface area contributed by atoms with Crippen LogP contribution in [0, 0.1) is 11.8 Å². The van der Waals surface area contributed by atoms with Crippen molar-refractivity contribution in [3.05, 3.63) is 58.9 Å². The highest BCUT2D eigenvalue weighted by molar-refractivity contribution is 6.32. The van der Waals surface area contributed by atoms with Crippen LogP contribution >= 0.6 is 11.6 Å². The minimum Gasteiger partial charge on any atom is -0.491 e. The van der Waals surface area contributed by atoms with Gasteiger partial charge in [-0.25, -0.2) is 0 Å². The van der Waals surface area contributed by atoms with Crippen molar-refractivity contribution >= 4 is 17.4 Å². The zero-order valence-electron chi connectivity index (χ0n) is 17.5. The number of Topliss-reactive ketones (excluding diaryl/α,β-unsaturated/α-hetero) is 1. The number of carbonyl (C=O) groups is 1. The highest BCUT2D eigenvalue weighted by Gasteiger charge is 2.30. The lowest BCUT2D eigenvalue weighted by molar-refractivity contribution is -0.124. The second-order valence-electron chi connectivity index (χ2n) is 7.87. The largest absolute Gasteiger partial charge is 0.491 e. The van der Waals surface area contributed by atoms with E-state index < -0.39 is 0 Å². The Morgan fingerprint density at radius 2 is 2.28 bits per heavy atom. The van der Waals surface area contributed by atoms with Crippen LogP contribution in [0.1, 0.15) is 50.1 Å². The van der Waals surface area contributed by atoms with Crippen molar-refractivity contribution in [3.63, 3.8) is 0 Å². The van der Waals surface area contributed by atoms with Crippen LogP contribution in [-0.2, 0) is 17.8 Å². The van der Waals surface area contributed by atoms with Gasteiger partial charge in [-0.3, -0.25) is 9.48 Å². The van der Waals surface area contributed by atoms with Gasteiger partial charge in [0.1, 0.15) is 5.75 Å². The lowest BCUT2D eigenvalue weighted by atomic mass is 9.90. The first-order valence-electron chi connectivity index (χ1n) is 10.3. The zero-order valence-corrected chi connectivity index (χ0v) is 18.2. The molecule has 2 heterocycles. The van der Waals surface area contributed by atoms with Crippen molar-refractivity contribution in [1.29, 1.82) is 0 Å². The Bertz CT molecular complexity index is 877. The zero-order chi connectivity index (χ0) is 21.0. The van der Waals surface area contributed by atoms with Crippen LogP contribution in [0.15, 0.2) is 37.1 Å². The van der Waals surface area contributed by atoms with E-state index in [1.165, 1.54) is 0 Å². The van der Waals surface area contributed by atoms with Crippen molar-refractivity contribution in [2.45, 2.75) is 46.2 Å². The highest BCUT2D eigenvalue weighted by atomic mass is 35.5. The fourth-order valence-corrected chi connectivity index (χ4v) is 3.67. The van der Waals surface area contributed by atoms with Crippen LogP contribution in [0.4, 0.5) is 0 Å². The third-order valence-corrected chi connectivity index (χ3v) is 5.81. The van der Waals surface area contributed by atoms with Crippen molar-refractivity contribution in [1.82, 2.24) is 15.1 Å². The number of benzene rings is 1. The summed E-state index contributed by atoms with van der Waals surface area (Å²) in [4.78, 5) is 12.7. The van der Waals surface area contributed by atoms with Crippen LogP contribution in [0.5, 0.6) is 5.75 Å². The van der Waals surface area contributed by atoms with Crippen molar-refractivity contribution in [2.75, 3.05) is 13.2 Å². The van der Waals surface area contributed by atoms with E-state index in [1.54, 1.807) is 0 Å². The molecule has 29 heavy (non-hydrogen) atoms. The molecule has 0 saturated heterocycles. The Labute approximate surface area is 178 Å². The van der Waals surface area contributed by atoms with Gasteiger partial charge in [-0.05, 0) is 24.1 Å². The maximum Gasteiger partial charge on any atom is 0.157 e. The van der Waals surface area contributed by atoms with Crippen LogP contribution in [0.3, 0.4) is 0 Å². The fraction of sp³-hybridized carbons (Fsp3) is 0.478. The first kappa shape index (κ1) is 21.6. The highest BCUT2D eigenvalue weighted by Crippen LogP contribution is 2.28. The number of carbonyl (C=O) groups excluding carboxylic acids is 1. The molecule has 1 aromatic heterocycles. The number of rotatable bonds is 9. The summed E-state index contributed by atoms with van der Waals surface area (Å²) in [5.41, 5.74) is 3.05. The predicted octanol–water partition coefficient (Wildman–Crippen LogP) is 4.59. The molecule has 2 aromatic rings. The van der Waals surface area contributed by atoms with Gasteiger partial charge in [0.15, 0.2) is 5.78 Å². The number of hydrogen-bond donors (Lipinski definition) is 1.